The van der Waals surface area contributed by atoms with Gasteiger partial charge in [0.25, 0.3) is 0 Å². The lowest BCUT2D eigenvalue weighted by molar-refractivity contribution is 0.301. The molecule has 0 fully saturated rings. The van der Waals surface area contributed by atoms with Crippen LogP contribution < -0.4 is 15.5 Å². The molecule has 2 aromatic carbocycles. The molecule has 0 unspecified atom stereocenters. The maximum absolute atomic E-state index is 6.00. The number of halogens is 3. The van der Waals surface area contributed by atoms with Gasteiger partial charge in [-0.15, -0.1) is 0 Å². The minimum atomic E-state index is 0.512. The fraction of sp³-hybridized carbons (Fsp3) is 0.176. The van der Waals surface area contributed by atoms with Crippen molar-refractivity contribution in [2.45, 2.75) is 13.5 Å². The third-order valence-corrected chi connectivity index (χ3v) is 5.40. The molecule has 2 N–H and O–H groups in total. The van der Waals surface area contributed by atoms with Crippen molar-refractivity contribution >= 4 is 84.7 Å². The van der Waals surface area contributed by atoms with E-state index in [2.05, 4.69) is 77.0 Å². The van der Waals surface area contributed by atoms with Crippen LogP contribution in [-0.2, 0) is 6.61 Å². The number of nitrogens with one attached hydrogen (secondary N) is 2. The molecule has 0 aliphatic carbocycles. The van der Waals surface area contributed by atoms with E-state index in [0.717, 1.165) is 35.0 Å². The maximum atomic E-state index is 6.00. The third kappa shape index (κ3) is 6.99. The van der Waals surface area contributed by atoms with Crippen molar-refractivity contribution in [1.82, 2.24) is 10.7 Å². The van der Waals surface area contributed by atoms with Crippen LogP contribution in [0.4, 0.5) is 0 Å². The van der Waals surface area contributed by atoms with Gasteiger partial charge in [-0.25, -0.2) is 0 Å². The van der Waals surface area contributed by atoms with E-state index in [1.54, 1.807) is 6.21 Å². The number of nitrogens with zero attached hydrogens (tertiary/aromatic N) is 1. The summed E-state index contributed by atoms with van der Waals surface area (Å²) in [6.07, 6.45) is 1.74. The first-order chi connectivity index (χ1) is 12.0. The van der Waals surface area contributed by atoms with Crippen molar-refractivity contribution in [1.29, 1.82) is 0 Å². The van der Waals surface area contributed by atoms with Crippen molar-refractivity contribution in [3.63, 3.8) is 0 Å². The molecule has 0 bridgehead atoms. The summed E-state index contributed by atoms with van der Waals surface area (Å²) in [5, 5.41) is 7.63. The highest BCUT2D eigenvalue weighted by Crippen LogP contribution is 2.29. The van der Waals surface area contributed by atoms with Gasteiger partial charge in [-0.2, -0.15) is 5.10 Å². The first-order valence-corrected chi connectivity index (χ1v) is 10.8. The number of rotatable bonds is 6. The number of thiocarbonyl (C=S) groups is 1. The predicted molar refractivity (Wildman–Crippen MR) is 127 cm³/mol. The molecule has 0 saturated heterocycles. The average molecular weight is 644 g/mol. The molecule has 0 spiro atoms. The largest absolute Gasteiger partial charge is 0.487 e. The third-order valence-electron chi connectivity index (χ3n) is 3.03. The molecule has 4 nitrogen and oxygen atoms in total. The summed E-state index contributed by atoms with van der Waals surface area (Å²) >= 11 is 13.1. The van der Waals surface area contributed by atoms with E-state index in [-0.39, 0.29) is 0 Å². The lowest BCUT2D eigenvalue weighted by Gasteiger charge is -2.11. The number of ether oxygens (including phenoxy) is 1. The molecule has 8 heteroatoms. The smallest absolute Gasteiger partial charge is 0.186 e. The van der Waals surface area contributed by atoms with E-state index in [4.69, 9.17) is 17.0 Å². The van der Waals surface area contributed by atoms with Crippen molar-refractivity contribution in [2.24, 2.45) is 5.10 Å². The molecule has 2 rings (SSSR count). The minimum Gasteiger partial charge on any atom is -0.487 e. The van der Waals surface area contributed by atoms with Crippen LogP contribution in [-0.4, -0.2) is 17.9 Å². The Morgan fingerprint density at radius 2 is 1.88 bits per heavy atom. The number of hydrogen-bond donors (Lipinski definition) is 2. The van der Waals surface area contributed by atoms with Gasteiger partial charge in [0, 0.05) is 11.0 Å². The molecule has 0 aliphatic heterocycles. The molecule has 2 aromatic rings. The number of hydrazone groups is 1. The average Bonchev–Trinajstić information content (AvgIpc) is 2.56. The molecule has 0 heterocycles. The summed E-state index contributed by atoms with van der Waals surface area (Å²) in [6.45, 7) is 3.28. The molecular weight excluding hydrogens is 628 g/mol. The lowest BCUT2D eigenvalue weighted by Crippen LogP contribution is -2.31. The minimum absolute atomic E-state index is 0.512. The Morgan fingerprint density at radius 1 is 1.24 bits per heavy atom. The molecular formula is C17H16BrI2N3OS. The molecule has 0 amide bonds. The van der Waals surface area contributed by atoms with E-state index >= 15 is 0 Å². The second-order valence-electron chi connectivity index (χ2n) is 4.96. The van der Waals surface area contributed by atoms with E-state index in [0.29, 0.717) is 11.7 Å². The second-order valence-corrected chi connectivity index (χ2v) is 8.61. The van der Waals surface area contributed by atoms with Crippen LogP contribution in [0, 0.1) is 7.14 Å². The Hall–Kier alpha value is -0.460. The van der Waals surface area contributed by atoms with Gasteiger partial charge >= 0.3 is 0 Å². The summed E-state index contributed by atoms with van der Waals surface area (Å²) in [4.78, 5) is 0. The SMILES string of the molecule is CCNC(=S)N/N=C\c1cc(I)c(OCc2ccc(Br)cc2)c(I)c1. The van der Waals surface area contributed by atoms with E-state index < -0.39 is 0 Å². The topological polar surface area (TPSA) is 45.7 Å². The summed E-state index contributed by atoms with van der Waals surface area (Å²) in [7, 11) is 0. The van der Waals surface area contributed by atoms with Crippen LogP contribution in [0.5, 0.6) is 5.75 Å². The Balaban J connectivity index is 2.02. The zero-order valence-electron chi connectivity index (χ0n) is 13.4. The van der Waals surface area contributed by atoms with E-state index in [1.165, 1.54) is 0 Å². The van der Waals surface area contributed by atoms with Crippen LogP contribution in [0.15, 0.2) is 46.0 Å². The molecule has 0 saturated carbocycles. The van der Waals surface area contributed by atoms with Gasteiger partial charge in [0.05, 0.1) is 13.4 Å². The van der Waals surface area contributed by atoms with E-state index in [1.807, 2.05) is 43.3 Å². The Bertz CT molecular complexity index is 746. The zero-order valence-corrected chi connectivity index (χ0v) is 20.1. The summed E-state index contributed by atoms with van der Waals surface area (Å²) in [6, 6.07) is 12.2. The second kappa shape index (κ2) is 10.6. The maximum Gasteiger partial charge on any atom is 0.186 e. The van der Waals surface area contributed by atoms with Crippen LogP contribution >= 0.6 is 73.3 Å². The van der Waals surface area contributed by atoms with Crippen LogP contribution in [0.2, 0.25) is 0 Å². The Kier molecular flexibility index (Phi) is 8.87. The highest BCUT2D eigenvalue weighted by atomic mass is 127. The van der Waals surface area contributed by atoms with Crippen molar-refractivity contribution in [2.75, 3.05) is 6.54 Å². The summed E-state index contributed by atoms with van der Waals surface area (Å²) in [5.74, 6) is 0.886. The number of benzene rings is 2. The first kappa shape index (κ1) is 20.8. The normalized spacial score (nSPS) is 10.7. The van der Waals surface area contributed by atoms with Gasteiger partial charge in [0.2, 0.25) is 0 Å². The van der Waals surface area contributed by atoms with Gasteiger partial charge in [-0.3, -0.25) is 5.43 Å². The number of hydrogen-bond acceptors (Lipinski definition) is 3. The fourth-order valence-electron chi connectivity index (χ4n) is 1.89. The van der Waals surface area contributed by atoms with Crippen LogP contribution in [0.1, 0.15) is 18.1 Å². The van der Waals surface area contributed by atoms with Crippen LogP contribution in [0.25, 0.3) is 0 Å². The Labute approximate surface area is 188 Å². The lowest BCUT2D eigenvalue weighted by atomic mass is 10.2. The molecule has 0 aliphatic rings. The van der Waals surface area contributed by atoms with Crippen LogP contribution in [0.3, 0.4) is 0 Å². The van der Waals surface area contributed by atoms with Gasteiger partial charge in [0.1, 0.15) is 12.4 Å². The molecule has 0 radical (unpaired) electrons. The molecule has 0 atom stereocenters. The highest BCUT2D eigenvalue weighted by molar-refractivity contribution is 14.1. The first-order valence-electron chi connectivity index (χ1n) is 7.42. The fourth-order valence-corrected chi connectivity index (χ4v) is 4.48. The van der Waals surface area contributed by atoms with Crippen molar-refractivity contribution < 1.29 is 4.74 Å². The highest BCUT2D eigenvalue weighted by Gasteiger charge is 2.09. The molecule has 0 aromatic heterocycles. The zero-order chi connectivity index (χ0) is 18.2. The summed E-state index contributed by atoms with van der Waals surface area (Å²) < 4.78 is 9.14. The van der Waals surface area contributed by atoms with Crippen molar-refractivity contribution in [3.05, 3.63) is 59.1 Å². The van der Waals surface area contributed by atoms with Gasteiger partial charge in [0.15, 0.2) is 5.11 Å². The molecule has 25 heavy (non-hydrogen) atoms. The quantitative estimate of drug-likeness (QED) is 0.200. The Morgan fingerprint density at radius 3 is 2.48 bits per heavy atom. The standard InChI is InChI=1S/C17H16BrI2N3OS/c1-2-21-17(25)23-22-9-12-7-14(19)16(15(20)8-12)24-10-11-3-5-13(18)6-4-11/h3-9H,2,10H2,1H3,(H2,21,23,25)/b22-9-. The molecule has 132 valence electrons. The van der Waals surface area contributed by atoms with Gasteiger partial charge in [-0.05, 0) is 99.7 Å². The monoisotopic (exact) mass is 643 g/mol. The van der Waals surface area contributed by atoms with Gasteiger partial charge in [-0.1, -0.05) is 28.1 Å². The predicted octanol–water partition coefficient (Wildman–Crippen LogP) is 5.06. The van der Waals surface area contributed by atoms with E-state index in [9.17, 15) is 0 Å². The van der Waals surface area contributed by atoms with Crippen molar-refractivity contribution in [3.8, 4) is 5.75 Å². The van der Waals surface area contributed by atoms with Gasteiger partial charge < -0.3 is 10.1 Å². The summed E-state index contributed by atoms with van der Waals surface area (Å²) in [5.41, 5.74) is 4.90.